The molecule has 1 aromatic heterocycles. The van der Waals surface area contributed by atoms with Gasteiger partial charge in [-0.2, -0.15) is 5.10 Å². The molecule has 3 nitrogen and oxygen atoms in total. The highest BCUT2D eigenvalue weighted by Crippen LogP contribution is 2.25. The summed E-state index contributed by atoms with van der Waals surface area (Å²) >= 11 is 17.5. The Kier molecular flexibility index (Phi) is 6.48. The van der Waals surface area contributed by atoms with E-state index in [4.69, 9.17) is 23.2 Å². The van der Waals surface area contributed by atoms with Crippen LogP contribution in [0.4, 0.5) is 0 Å². The summed E-state index contributed by atoms with van der Waals surface area (Å²) in [6, 6.07) is 13.4. The fourth-order valence-electron chi connectivity index (χ4n) is 2.26. The minimum absolute atomic E-state index is 0.515. The molecule has 132 valence electrons. The van der Waals surface area contributed by atoms with Crippen molar-refractivity contribution in [3.63, 3.8) is 0 Å². The molecule has 0 unspecified atom stereocenters. The van der Waals surface area contributed by atoms with Crippen LogP contribution in [0.15, 0.2) is 75.1 Å². The SMILES string of the molecule is C=CCN=c1scc(-c2cccc(Br)c2)n1N=Cc1c(Cl)cccc1Cl. The van der Waals surface area contributed by atoms with Crippen LogP contribution in [0.3, 0.4) is 0 Å². The maximum Gasteiger partial charge on any atom is 0.206 e. The number of rotatable bonds is 5. The Morgan fingerprint density at radius 2 is 1.88 bits per heavy atom. The molecule has 0 aliphatic heterocycles. The third-order valence-corrected chi connectivity index (χ3v) is 5.47. The first-order valence-corrected chi connectivity index (χ1v) is 10.1. The van der Waals surface area contributed by atoms with Gasteiger partial charge >= 0.3 is 0 Å². The van der Waals surface area contributed by atoms with E-state index in [0.29, 0.717) is 22.2 Å². The zero-order valence-corrected chi connectivity index (χ0v) is 17.5. The highest BCUT2D eigenvalue weighted by molar-refractivity contribution is 9.10. The lowest BCUT2D eigenvalue weighted by Crippen LogP contribution is -2.12. The second-order valence-corrected chi connectivity index (χ2v) is 7.80. The molecule has 0 aliphatic rings. The van der Waals surface area contributed by atoms with Gasteiger partial charge in [0.25, 0.3) is 0 Å². The van der Waals surface area contributed by atoms with Crippen LogP contribution in [0.25, 0.3) is 11.3 Å². The Morgan fingerprint density at radius 1 is 1.15 bits per heavy atom. The quantitative estimate of drug-likeness (QED) is 0.314. The van der Waals surface area contributed by atoms with Crippen LogP contribution < -0.4 is 4.80 Å². The third-order valence-electron chi connectivity index (χ3n) is 3.46. The monoisotopic (exact) mass is 465 g/mol. The molecule has 7 heteroatoms. The summed E-state index contributed by atoms with van der Waals surface area (Å²) < 4.78 is 2.78. The zero-order chi connectivity index (χ0) is 18.5. The van der Waals surface area contributed by atoms with Crippen LogP contribution in [0, 0.1) is 0 Å². The molecular weight excluding hydrogens is 453 g/mol. The summed E-state index contributed by atoms with van der Waals surface area (Å²) in [4.78, 5) is 5.29. The van der Waals surface area contributed by atoms with Crippen molar-refractivity contribution in [3.05, 3.63) is 85.4 Å². The first kappa shape index (κ1) is 19.1. The van der Waals surface area contributed by atoms with Gasteiger partial charge in [-0.1, -0.05) is 63.4 Å². The molecule has 3 aromatic rings. The van der Waals surface area contributed by atoms with Gasteiger partial charge in [0.2, 0.25) is 4.80 Å². The Hall–Kier alpha value is -1.66. The molecule has 0 saturated heterocycles. The van der Waals surface area contributed by atoms with E-state index < -0.39 is 0 Å². The molecule has 0 N–H and O–H groups in total. The smallest absolute Gasteiger partial charge is 0.206 e. The second-order valence-electron chi connectivity index (χ2n) is 5.23. The zero-order valence-electron chi connectivity index (χ0n) is 13.6. The van der Waals surface area contributed by atoms with Crippen molar-refractivity contribution >= 4 is 56.7 Å². The maximum atomic E-state index is 6.25. The van der Waals surface area contributed by atoms with Gasteiger partial charge in [-0.15, -0.1) is 17.9 Å². The minimum Gasteiger partial charge on any atom is -0.253 e. The molecule has 0 bridgehead atoms. The van der Waals surface area contributed by atoms with E-state index in [0.717, 1.165) is 20.5 Å². The molecule has 0 atom stereocenters. The van der Waals surface area contributed by atoms with Gasteiger partial charge in [0.05, 0.1) is 28.5 Å². The molecule has 0 aliphatic carbocycles. The van der Waals surface area contributed by atoms with Crippen molar-refractivity contribution in [1.29, 1.82) is 0 Å². The van der Waals surface area contributed by atoms with Crippen molar-refractivity contribution < 1.29 is 0 Å². The summed E-state index contributed by atoms with van der Waals surface area (Å²) in [7, 11) is 0. The number of hydrogen-bond acceptors (Lipinski definition) is 3. The summed E-state index contributed by atoms with van der Waals surface area (Å²) in [6.45, 7) is 4.24. The fraction of sp³-hybridized carbons (Fsp3) is 0.0526. The Bertz CT molecular complexity index is 1020. The molecule has 2 aromatic carbocycles. The number of halogens is 3. The number of hydrogen-bond donors (Lipinski definition) is 0. The number of thiazole rings is 1. The number of nitrogens with zero attached hydrogens (tertiary/aromatic N) is 3. The third kappa shape index (κ3) is 4.35. The van der Waals surface area contributed by atoms with Crippen molar-refractivity contribution in [2.45, 2.75) is 0 Å². The van der Waals surface area contributed by atoms with Gasteiger partial charge in [0.1, 0.15) is 0 Å². The van der Waals surface area contributed by atoms with Crippen LogP contribution in [-0.2, 0) is 0 Å². The van der Waals surface area contributed by atoms with Gasteiger partial charge in [-0.25, -0.2) is 4.68 Å². The van der Waals surface area contributed by atoms with Gasteiger partial charge in [0.15, 0.2) is 0 Å². The van der Waals surface area contributed by atoms with E-state index >= 15 is 0 Å². The standard InChI is InChI=1S/C19H14BrCl2N3S/c1-2-9-23-19-25(24-11-15-16(21)7-4-8-17(15)22)18(12-26-19)13-5-3-6-14(20)10-13/h2-8,10-12H,1,9H2. The molecule has 0 saturated carbocycles. The summed E-state index contributed by atoms with van der Waals surface area (Å²) in [6.07, 6.45) is 3.41. The average Bonchev–Trinajstić information content (AvgIpc) is 3.02. The molecular formula is C19H14BrCl2N3S. The summed E-state index contributed by atoms with van der Waals surface area (Å²) in [5.41, 5.74) is 2.63. The summed E-state index contributed by atoms with van der Waals surface area (Å²) in [5.74, 6) is 0. The van der Waals surface area contributed by atoms with Crippen molar-refractivity contribution in [2.75, 3.05) is 6.54 Å². The van der Waals surface area contributed by atoms with Crippen LogP contribution >= 0.6 is 50.5 Å². The highest BCUT2D eigenvalue weighted by atomic mass is 79.9. The topological polar surface area (TPSA) is 29.6 Å². The van der Waals surface area contributed by atoms with Gasteiger partial charge in [-0.05, 0) is 24.3 Å². The molecule has 0 radical (unpaired) electrons. The Morgan fingerprint density at radius 3 is 2.58 bits per heavy atom. The van der Waals surface area contributed by atoms with E-state index in [1.54, 1.807) is 35.2 Å². The van der Waals surface area contributed by atoms with Gasteiger partial charge in [0, 0.05) is 21.0 Å². The average molecular weight is 467 g/mol. The normalized spacial score (nSPS) is 12.0. The molecule has 3 rings (SSSR count). The minimum atomic E-state index is 0.515. The molecule has 0 fully saturated rings. The molecule has 0 spiro atoms. The van der Waals surface area contributed by atoms with Crippen LogP contribution in [0.5, 0.6) is 0 Å². The first-order chi connectivity index (χ1) is 12.6. The number of benzene rings is 2. The first-order valence-electron chi connectivity index (χ1n) is 7.66. The highest BCUT2D eigenvalue weighted by Gasteiger charge is 2.09. The molecule has 1 heterocycles. The number of aromatic nitrogens is 1. The molecule has 26 heavy (non-hydrogen) atoms. The van der Waals surface area contributed by atoms with Crippen LogP contribution in [-0.4, -0.2) is 17.4 Å². The van der Waals surface area contributed by atoms with Crippen LogP contribution in [0.2, 0.25) is 10.0 Å². The molecule has 0 amide bonds. The van der Waals surface area contributed by atoms with E-state index in [-0.39, 0.29) is 0 Å². The van der Waals surface area contributed by atoms with Crippen molar-refractivity contribution in [2.24, 2.45) is 10.1 Å². The fourth-order valence-corrected chi connectivity index (χ4v) is 4.00. The van der Waals surface area contributed by atoms with E-state index in [1.807, 2.05) is 29.6 Å². The van der Waals surface area contributed by atoms with Crippen LogP contribution in [0.1, 0.15) is 5.56 Å². The Balaban J connectivity index is 2.13. The second kappa shape index (κ2) is 8.82. The summed E-state index contributed by atoms with van der Waals surface area (Å²) in [5, 5.41) is 7.72. The van der Waals surface area contributed by atoms with E-state index in [2.05, 4.69) is 32.6 Å². The Labute approximate surface area is 174 Å². The lowest BCUT2D eigenvalue weighted by Gasteiger charge is -2.05. The van der Waals surface area contributed by atoms with E-state index in [1.165, 1.54) is 11.3 Å². The van der Waals surface area contributed by atoms with Gasteiger partial charge in [-0.3, -0.25) is 4.99 Å². The van der Waals surface area contributed by atoms with Crippen molar-refractivity contribution in [1.82, 2.24) is 4.68 Å². The van der Waals surface area contributed by atoms with E-state index in [9.17, 15) is 0 Å². The maximum absolute atomic E-state index is 6.25. The largest absolute Gasteiger partial charge is 0.253 e. The van der Waals surface area contributed by atoms with Gasteiger partial charge < -0.3 is 0 Å². The lowest BCUT2D eigenvalue weighted by atomic mass is 10.2. The van der Waals surface area contributed by atoms with Crippen molar-refractivity contribution in [3.8, 4) is 11.3 Å². The predicted molar refractivity (Wildman–Crippen MR) is 116 cm³/mol. The lowest BCUT2D eigenvalue weighted by molar-refractivity contribution is 0.840. The predicted octanol–water partition coefficient (Wildman–Crippen LogP) is 6.25.